The Bertz CT molecular complexity index is 189. The summed E-state index contributed by atoms with van der Waals surface area (Å²) in [5.74, 6) is 0.908. The van der Waals surface area contributed by atoms with Crippen LogP contribution in [0.4, 0.5) is 0 Å². The highest BCUT2D eigenvalue weighted by Gasteiger charge is 2.40. The first-order chi connectivity index (χ1) is 6.14. The van der Waals surface area contributed by atoms with Crippen LogP contribution in [0.15, 0.2) is 0 Å². The molecule has 0 aromatic carbocycles. The first-order valence-electron chi connectivity index (χ1n) is 5.23. The molecule has 1 fully saturated rings. The zero-order valence-electron chi connectivity index (χ0n) is 8.93. The topological polar surface area (TPSA) is 26.3 Å². The van der Waals surface area contributed by atoms with E-state index in [1.807, 2.05) is 6.92 Å². The summed E-state index contributed by atoms with van der Waals surface area (Å²) < 4.78 is 5.45. The van der Waals surface area contributed by atoms with Crippen molar-refractivity contribution in [3.05, 3.63) is 0 Å². The molecule has 0 radical (unpaired) electrons. The van der Waals surface area contributed by atoms with Crippen LogP contribution in [-0.4, -0.2) is 18.5 Å². The van der Waals surface area contributed by atoms with Gasteiger partial charge in [-0.15, -0.1) is 0 Å². The molecule has 0 amide bonds. The van der Waals surface area contributed by atoms with Crippen LogP contribution >= 0.6 is 0 Å². The second kappa shape index (κ2) is 4.23. The third-order valence-electron chi connectivity index (χ3n) is 3.18. The van der Waals surface area contributed by atoms with E-state index < -0.39 is 5.60 Å². The van der Waals surface area contributed by atoms with Crippen molar-refractivity contribution >= 4 is 5.78 Å². The number of hydrogen-bond donors (Lipinski definition) is 0. The Morgan fingerprint density at radius 3 is 2.77 bits per heavy atom. The van der Waals surface area contributed by atoms with Gasteiger partial charge in [0.15, 0.2) is 5.78 Å². The SMILES string of the molecule is CCC(=O)C1(OC)CCCC(C)C1. The fraction of sp³-hybridized carbons (Fsp3) is 0.909. The molecule has 0 aromatic rings. The molecular formula is C11H20O2. The number of Topliss-reactive ketones (excluding diaryl/α,β-unsaturated/α-hetero) is 1. The van der Waals surface area contributed by atoms with Gasteiger partial charge in [0.1, 0.15) is 5.60 Å². The Morgan fingerprint density at radius 1 is 1.62 bits per heavy atom. The third-order valence-corrected chi connectivity index (χ3v) is 3.18. The normalized spacial score (nSPS) is 34.5. The maximum absolute atomic E-state index is 11.7. The predicted octanol–water partition coefficient (Wildman–Crippen LogP) is 2.56. The van der Waals surface area contributed by atoms with Crippen LogP contribution in [0.3, 0.4) is 0 Å². The monoisotopic (exact) mass is 184 g/mol. The van der Waals surface area contributed by atoms with E-state index in [4.69, 9.17) is 4.74 Å². The molecule has 1 saturated carbocycles. The summed E-state index contributed by atoms with van der Waals surface area (Å²) in [7, 11) is 1.67. The largest absolute Gasteiger partial charge is 0.370 e. The fourth-order valence-electron chi connectivity index (χ4n) is 2.38. The zero-order chi connectivity index (χ0) is 9.90. The van der Waals surface area contributed by atoms with Crippen molar-refractivity contribution < 1.29 is 9.53 Å². The van der Waals surface area contributed by atoms with Crippen LogP contribution in [0.1, 0.15) is 46.0 Å². The number of carbonyl (C=O) groups excluding carboxylic acids is 1. The maximum Gasteiger partial charge on any atom is 0.164 e. The Hall–Kier alpha value is -0.370. The van der Waals surface area contributed by atoms with Crippen molar-refractivity contribution in [2.75, 3.05) is 7.11 Å². The van der Waals surface area contributed by atoms with Gasteiger partial charge in [-0.2, -0.15) is 0 Å². The predicted molar refractivity (Wildman–Crippen MR) is 52.7 cm³/mol. The third kappa shape index (κ3) is 2.11. The van der Waals surface area contributed by atoms with E-state index in [9.17, 15) is 4.79 Å². The lowest BCUT2D eigenvalue weighted by molar-refractivity contribution is -0.146. The Labute approximate surface area is 80.7 Å². The minimum Gasteiger partial charge on any atom is -0.370 e. The number of ketones is 1. The van der Waals surface area contributed by atoms with Gasteiger partial charge in [0.05, 0.1) is 0 Å². The van der Waals surface area contributed by atoms with Gasteiger partial charge in [0.25, 0.3) is 0 Å². The number of methoxy groups -OCH3 is 1. The summed E-state index contributed by atoms with van der Waals surface area (Å²) in [4.78, 5) is 11.7. The highest BCUT2D eigenvalue weighted by molar-refractivity contribution is 5.87. The number of ether oxygens (including phenoxy) is 1. The molecule has 0 heterocycles. The highest BCUT2D eigenvalue weighted by atomic mass is 16.5. The number of carbonyl (C=O) groups is 1. The van der Waals surface area contributed by atoms with Crippen LogP contribution in [0, 0.1) is 5.92 Å². The molecule has 0 spiro atoms. The fourth-order valence-corrected chi connectivity index (χ4v) is 2.38. The van der Waals surface area contributed by atoms with Gasteiger partial charge in [-0.1, -0.05) is 20.3 Å². The van der Waals surface area contributed by atoms with Crippen molar-refractivity contribution in [1.82, 2.24) is 0 Å². The van der Waals surface area contributed by atoms with E-state index in [0.717, 1.165) is 19.3 Å². The van der Waals surface area contributed by atoms with Crippen LogP contribution in [0.2, 0.25) is 0 Å². The van der Waals surface area contributed by atoms with E-state index in [1.165, 1.54) is 6.42 Å². The molecule has 0 bridgehead atoms. The first-order valence-corrected chi connectivity index (χ1v) is 5.23. The van der Waals surface area contributed by atoms with Gasteiger partial charge in [0.2, 0.25) is 0 Å². The molecule has 1 aliphatic carbocycles. The second-order valence-electron chi connectivity index (χ2n) is 4.18. The summed E-state index contributed by atoms with van der Waals surface area (Å²) >= 11 is 0. The molecule has 2 unspecified atom stereocenters. The summed E-state index contributed by atoms with van der Waals surface area (Å²) in [6.45, 7) is 4.12. The average molecular weight is 184 g/mol. The molecule has 2 atom stereocenters. The molecule has 1 rings (SSSR count). The summed E-state index contributed by atoms with van der Waals surface area (Å²) in [6.07, 6.45) is 4.79. The first kappa shape index (κ1) is 10.7. The van der Waals surface area contributed by atoms with E-state index >= 15 is 0 Å². The summed E-state index contributed by atoms with van der Waals surface area (Å²) in [6, 6.07) is 0. The van der Waals surface area contributed by atoms with Crippen molar-refractivity contribution in [1.29, 1.82) is 0 Å². The smallest absolute Gasteiger partial charge is 0.164 e. The average Bonchev–Trinajstić information content (AvgIpc) is 2.16. The lowest BCUT2D eigenvalue weighted by Gasteiger charge is -2.37. The Morgan fingerprint density at radius 2 is 2.31 bits per heavy atom. The highest BCUT2D eigenvalue weighted by Crippen LogP contribution is 2.35. The molecule has 0 aromatic heterocycles. The van der Waals surface area contributed by atoms with Crippen LogP contribution in [0.25, 0.3) is 0 Å². The minimum absolute atomic E-state index is 0.279. The van der Waals surface area contributed by atoms with Crippen LogP contribution in [-0.2, 0) is 9.53 Å². The number of rotatable bonds is 3. The van der Waals surface area contributed by atoms with Gasteiger partial charge < -0.3 is 4.74 Å². The van der Waals surface area contributed by atoms with E-state index in [-0.39, 0.29) is 5.78 Å². The molecule has 13 heavy (non-hydrogen) atoms. The molecule has 1 aliphatic rings. The van der Waals surface area contributed by atoms with Gasteiger partial charge in [0, 0.05) is 13.5 Å². The molecule has 2 nitrogen and oxygen atoms in total. The van der Waals surface area contributed by atoms with Gasteiger partial charge in [-0.05, 0) is 25.2 Å². The quantitative estimate of drug-likeness (QED) is 0.673. The second-order valence-corrected chi connectivity index (χ2v) is 4.18. The van der Waals surface area contributed by atoms with E-state index in [2.05, 4.69) is 6.92 Å². The molecule has 0 N–H and O–H groups in total. The zero-order valence-corrected chi connectivity index (χ0v) is 8.93. The lowest BCUT2D eigenvalue weighted by Crippen LogP contribution is -2.44. The van der Waals surface area contributed by atoms with Crippen molar-refractivity contribution in [3.8, 4) is 0 Å². The van der Waals surface area contributed by atoms with E-state index in [1.54, 1.807) is 7.11 Å². The molecular weight excluding hydrogens is 164 g/mol. The molecule has 76 valence electrons. The minimum atomic E-state index is -0.438. The lowest BCUT2D eigenvalue weighted by atomic mass is 9.76. The summed E-state index contributed by atoms with van der Waals surface area (Å²) in [5.41, 5.74) is -0.438. The van der Waals surface area contributed by atoms with Gasteiger partial charge in [-0.3, -0.25) is 4.79 Å². The summed E-state index contributed by atoms with van der Waals surface area (Å²) in [5, 5.41) is 0. The maximum atomic E-state index is 11.7. The standard InChI is InChI=1S/C11H20O2/c1-4-10(12)11(13-3)7-5-6-9(2)8-11/h9H,4-8H2,1-3H3. The van der Waals surface area contributed by atoms with Crippen LogP contribution < -0.4 is 0 Å². The molecule has 0 aliphatic heterocycles. The van der Waals surface area contributed by atoms with Gasteiger partial charge in [-0.25, -0.2) is 0 Å². The molecule has 2 heteroatoms. The van der Waals surface area contributed by atoms with Crippen molar-refractivity contribution in [2.24, 2.45) is 5.92 Å². The van der Waals surface area contributed by atoms with Crippen molar-refractivity contribution in [3.63, 3.8) is 0 Å². The Kier molecular flexibility index (Phi) is 3.48. The number of hydrogen-bond acceptors (Lipinski definition) is 2. The van der Waals surface area contributed by atoms with Crippen LogP contribution in [0.5, 0.6) is 0 Å². The molecule has 0 saturated heterocycles. The van der Waals surface area contributed by atoms with Gasteiger partial charge >= 0.3 is 0 Å². The van der Waals surface area contributed by atoms with Crippen molar-refractivity contribution in [2.45, 2.75) is 51.6 Å². The van der Waals surface area contributed by atoms with E-state index in [0.29, 0.717) is 12.3 Å². The Balaban J connectivity index is 2.73.